The molecule has 1 heterocycles. The number of nitrogens with zero attached hydrogens (tertiary/aromatic N) is 1. The van der Waals surface area contributed by atoms with Gasteiger partial charge in [-0.05, 0) is 81.1 Å². The van der Waals surface area contributed by atoms with E-state index in [4.69, 9.17) is 18.9 Å². The topological polar surface area (TPSA) is 70.0 Å². The zero-order chi connectivity index (χ0) is 21.6. The van der Waals surface area contributed by atoms with Gasteiger partial charge in [-0.3, -0.25) is 0 Å². The number of ether oxygens (including phenoxy) is 4. The molecule has 0 saturated heterocycles. The second kappa shape index (κ2) is 10.4. The van der Waals surface area contributed by atoms with Crippen LogP contribution in [0.15, 0.2) is 30.8 Å². The molecule has 158 valence electrons. The minimum Gasteiger partial charge on any atom is -0.465 e. The van der Waals surface area contributed by atoms with Crippen molar-refractivity contribution in [2.75, 3.05) is 20.5 Å². The van der Waals surface area contributed by atoms with Crippen molar-refractivity contribution in [3.63, 3.8) is 0 Å². The van der Waals surface area contributed by atoms with Crippen molar-refractivity contribution < 1.29 is 24.1 Å². The van der Waals surface area contributed by atoms with E-state index in [1.165, 1.54) is 0 Å². The summed E-state index contributed by atoms with van der Waals surface area (Å²) in [5.74, 6) is 1.27. The van der Waals surface area contributed by atoms with Gasteiger partial charge in [-0.1, -0.05) is 6.58 Å². The lowest BCUT2D eigenvalue weighted by atomic mass is 9.95. The van der Waals surface area contributed by atoms with Gasteiger partial charge in [-0.15, -0.1) is 0 Å². The lowest BCUT2D eigenvalue weighted by Crippen LogP contribution is -2.16. The molecular weight excluding hydrogens is 370 g/mol. The number of benzene rings is 1. The van der Waals surface area contributed by atoms with Gasteiger partial charge >= 0.3 is 0 Å². The molecule has 1 aromatic carbocycles. The van der Waals surface area contributed by atoms with Crippen molar-refractivity contribution in [2.45, 2.75) is 47.0 Å². The molecule has 0 aliphatic carbocycles. The van der Waals surface area contributed by atoms with Crippen LogP contribution in [0.1, 0.15) is 55.0 Å². The Hall–Kier alpha value is -2.41. The van der Waals surface area contributed by atoms with Crippen molar-refractivity contribution >= 4 is 5.57 Å². The molecule has 2 unspecified atom stereocenters. The first-order valence-corrected chi connectivity index (χ1v) is 9.64. The Bertz CT molecular complexity index is 826. The summed E-state index contributed by atoms with van der Waals surface area (Å²) < 4.78 is 21.8. The van der Waals surface area contributed by atoms with E-state index in [0.29, 0.717) is 29.5 Å². The van der Waals surface area contributed by atoms with Crippen molar-refractivity contribution in [3.05, 3.63) is 58.9 Å². The normalized spacial score (nSPS) is 13.1. The van der Waals surface area contributed by atoms with Gasteiger partial charge in [0.15, 0.2) is 13.1 Å². The second-order valence-electron chi connectivity index (χ2n) is 6.93. The molecule has 1 aromatic heterocycles. The predicted molar refractivity (Wildman–Crippen MR) is 113 cm³/mol. The lowest BCUT2D eigenvalue weighted by molar-refractivity contribution is -0.0613. The summed E-state index contributed by atoms with van der Waals surface area (Å²) in [5, 5.41) is 11.1. The molecule has 0 bridgehead atoms. The molecule has 29 heavy (non-hydrogen) atoms. The van der Waals surface area contributed by atoms with Crippen molar-refractivity contribution in [1.82, 2.24) is 4.98 Å². The van der Waals surface area contributed by atoms with Crippen molar-refractivity contribution in [3.8, 4) is 11.5 Å². The van der Waals surface area contributed by atoms with Crippen molar-refractivity contribution in [1.29, 1.82) is 0 Å². The number of aryl methyl sites for hydroxylation is 2. The number of methoxy groups -OCH3 is 1. The molecule has 0 radical (unpaired) electrons. The van der Waals surface area contributed by atoms with Gasteiger partial charge < -0.3 is 24.1 Å². The molecule has 2 rings (SSSR count). The lowest BCUT2D eigenvalue weighted by Gasteiger charge is -2.21. The van der Waals surface area contributed by atoms with E-state index < -0.39 is 6.10 Å². The Labute approximate surface area is 173 Å². The highest BCUT2D eigenvalue weighted by Gasteiger charge is 2.20. The minimum absolute atomic E-state index is 0.115. The fourth-order valence-corrected chi connectivity index (χ4v) is 3.20. The Morgan fingerprint density at radius 3 is 2.41 bits per heavy atom. The van der Waals surface area contributed by atoms with Gasteiger partial charge in [0.25, 0.3) is 0 Å². The molecular formula is C23H31NO5. The summed E-state index contributed by atoms with van der Waals surface area (Å²) in [7, 11) is 1.56. The molecule has 2 atom stereocenters. The van der Waals surface area contributed by atoms with Gasteiger partial charge in [0, 0.05) is 13.7 Å². The van der Waals surface area contributed by atoms with E-state index in [1.54, 1.807) is 19.2 Å². The largest absolute Gasteiger partial charge is 0.465 e. The molecule has 1 N–H and O–H groups in total. The zero-order valence-corrected chi connectivity index (χ0v) is 18.1. The number of hydrogen-bond donors (Lipinski definition) is 1. The van der Waals surface area contributed by atoms with Crippen LogP contribution in [0.4, 0.5) is 0 Å². The third kappa shape index (κ3) is 5.79. The molecule has 0 amide bonds. The quantitative estimate of drug-likeness (QED) is 0.589. The Morgan fingerprint density at radius 2 is 1.86 bits per heavy atom. The third-order valence-electron chi connectivity index (χ3n) is 4.44. The van der Waals surface area contributed by atoms with E-state index in [1.807, 2.05) is 46.8 Å². The molecule has 0 aliphatic heterocycles. The summed E-state index contributed by atoms with van der Waals surface area (Å²) in [5.41, 5.74) is 4.48. The van der Waals surface area contributed by atoms with Crippen LogP contribution < -0.4 is 9.47 Å². The molecule has 6 nitrogen and oxygen atoms in total. The van der Waals surface area contributed by atoms with Crippen LogP contribution >= 0.6 is 0 Å². The molecule has 0 fully saturated rings. The Morgan fingerprint density at radius 1 is 1.21 bits per heavy atom. The highest BCUT2D eigenvalue weighted by molar-refractivity contribution is 5.64. The van der Waals surface area contributed by atoms with Gasteiger partial charge in [0.2, 0.25) is 0 Å². The van der Waals surface area contributed by atoms with Gasteiger partial charge in [0.1, 0.15) is 23.3 Å². The fraction of sp³-hybridized carbons (Fsp3) is 0.435. The average molecular weight is 402 g/mol. The second-order valence-corrected chi connectivity index (χ2v) is 6.93. The van der Waals surface area contributed by atoms with Crippen LogP contribution in [0.5, 0.6) is 11.5 Å². The Balaban J connectivity index is 2.35. The number of hydrogen-bond acceptors (Lipinski definition) is 6. The number of allylic oxidation sites excluding steroid dienone is 1. The fourth-order valence-electron chi connectivity index (χ4n) is 3.20. The summed E-state index contributed by atoms with van der Waals surface area (Å²) in [4.78, 5) is 4.60. The highest BCUT2D eigenvalue weighted by atomic mass is 16.7. The zero-order valence-electron chi connectivity index (χ0n) is 18.1. The molecule has 0 spiro atoms. The number of aromatic nitrogens is 1. The Kier molecular flexibility index (Phi) is 8.20. The molecule has 0 aliphatic rings. The van der Waals surface area contributed by atoms with Crippen LogP contribution in [0.2, 0.25) is 0 Å². The first-order chi connectivity index (χ1) is 13.8. The number of pyridine rings is 1. The monoisotopic (exact) mass is 401 g/mol. The summed E-state index contributed by atoms with van der Waals surface area (Å²) in [6, 6.07) is 7.33. The minimum atomic E-state index is -0.886. The third-order valence-corrected chi connectivity index (χ3v) is 4.44. The van der Waals surface area contributed by atoms with Crippen molar-refractivity contribution in [2.24, 2.45) is 0 Å². The maximum Gasteiger partial charge on any atom is 0.196 e. The van der Waals surface area contributed by atoms with E-state index in [9.17, 15) is 5.11 Å². The first-order valence-electron chi connectivity index (χ1n) is 9.64. The smallest absolute Gasteiger partial charge is 0.196 e. The standard InChI is InChI=1S/C23H31NO5/c1-8-27-17(6)29-18-11-15(4)21(16(5)12-18)23(25)19-9-10-20(28-13-26-7)22(24-19)14(2)3/h9-12,17,23,25H,2,8,13H2,1,3-7H3. The first kappa shape index (κ1) is 22.9. The predicted octanol–water partition coefficient (Wildman–Crippen LogP) is 4.56. The maximum absolute atomic E-state index is 11.1. The van der Waals surface area contributed by atoms with Crippen LogP contribution in [-0.2, 0) is 9.47 Å². The molecule has 0 saturated carbocycles. The van der Waals surface area contributed by atoms with Crippen LogP contribution in [-0.4, -0.2) is 36.9 Å². The SMILES string of the molecule is C=C(C)c1nc(C(O)c2c(C)cc(OC(C)OCC)cc2C)ccc1OCOC. The van der Waals surface area contributed by atoms with Crippen LogP contribution in [0, 0.1) is 13.8 Å². The number of aliphatic hydroxyl groups excluding tert-OH is 1. The number of aliphatic hydroxyl groups is 1. The number of rotatable bonds is 10. The molecule has 2 aromatic rings. The van der Waals surface area contributed by atoms with E-state index in [2.05, 4.69) is 11.6 Å². The average Bonchev–Trinajstić information content (AvgIpc) is 2.65. The summed E-state index contributed by atoms with van der Waals surface area (Å²) >= 11 is 0. The van der Waals surface area contributed by atoms with Crippen LogP contribution in [0.25, 0.3) is 5.57 Å². The molecule has 6 heteroatoms. The maximum atomic E-state index is 11.1. The van der Waals surface area contributed by atoms with Gasteiger partial charge in [-0.25, -0.2) is 4.98 Å². The van der Waals surface area contributed by atoms with E-state index >= 15 is 0 Å². The summed E-state index contributed by atoms with van der Waals surface area (Å²) in [6.45, 7) is 14.2. The van der Waals surface area contributed by atoms with E-state index in [-0.39, 0.29) is 13.1 Å². The highest BCUT2D eigenvalue weighted by Crippen LogP contribution is 2.33. The van der Waals surface area contributed by atoms with Gasteiger partial charge in [-0.2, -0.15) is 0 Å². The van der Waals surface area contributed by atoms with Crippen LogP contribution in [0.3, 0.4) is 0 Å². The summed E-state index contributed by atoms with van der Waals surface area (Å²) in [6.07, 6.45) is -1.23. The van der Waals surface area contributed by atoms with Gasteiger partial charge in [0.05, 0.1) is 5.69 Å². The van der Waals surface area contributed by atoms with E-state index in [0.717, 1.165) is 22.3 Å².